The third kappa shape index (κ3) is 3.48. The lowest BCUT2D eigenvalue weighted by Gasteiger charge is -2.14. The van der Waals surface area contributed by atoms with E-state index < -0.39 is 9.84 Å². The van der Waals surface area contributed by atoms with Crippen LogP contribution in [0.2, 0.25) is 0 Å². The minimum atomic E-state index is -3.26. The molecule has 0 aromatic heterocycles. The van der Waals surface area contributed by atoms with Crippen LogP contribution in [0.25, 0.3) is 0 Å². The molecule has 0 amide bonds. The number of anilines is 1. The monoisotopic (exact) mass is 282 g/mol. The maximum atomic E-state index is 12.3. The van der Waals surface area contributed by atoms with Gasteiger partial charge in [0.05, 0.1) is 16.3 Å². The SMILES string of the molecule is Cc1cccc(S(=O)(=O)CCCN2CCCC2)c1N. The standard InChI is InChI=1S/C14H22N2O2S/c1-12-6-4-7-13(14(12)15)19(17,18)11-5-10-16-8-2-3-9-16/h4,6-7H,2-3,5,8-11,15H2,1H3. The van der Waals surface area contributed by atoms with Gasteiger partial charge in [0.15, 0.2) is 9.84 Å². The van der Waals surface area contributed by atoms with Crippen molar-refractivity contribution in [3.63, 3.8) is 0 Å². The number of para-hydroxylation sites is 1. The van der Waals surface area contributed by atoms with Crippen LogP contribution in [-0.2, 0) is 9.84 Å². The molecule has 1 aliphatic heterocycles. The zero-order valence-corrected chi connectivity index (χ0v) is 12.2. The number of hydrogen-bond acceptors (Lipinski definition) is 4. The third-order valence-electron chi connectivity index (χ3n) is 3.71. The first-order valence-corrected chi connectivity index (χ1v) is 8.46. The molecule has 1 aromatic rings. The maximum absolute atomic E-state index is 12.3. The smallest absolute Gasteiger partial charge is 0.180 e. The van der Waals surface area contributed by atoms with E-state index in [-0.39, 0.29) is 10.6 Å². The summed E-state index contributed by atoms with van der Waals surface area (Å²) in [5.74, 6) is 0.178. The highest BCUT2D eigenvalue weighted by atomic mass is 32.2. The van der Waals surface area contributed by atoms with Crippen molar-refractivity contribution in [2.45, 2.75) is 31.1 Å². The predicted molar refractivity (Wildman–Crippen MR) is 77.9 cm³/mol. The molecule has 4 nitrogen and oxygen atoms in total. The molecule has 0 bridgehead atoms. The van der Waals surface area contributed by atoms with E-state index in [4.69, 9.17) is 5.73 Å². The summed E-state index contributed by atoms with van der Waals surface area (Å²) in [5, 5.41) is 0. The van der Waals surface area contributed by atoms with Gasteiger partial charge >= 0.3 is 0 Å². The van der Waals surface area contributed by atoms with Crippen LogP contribution >= 0.6 is 0 Å². The molecule has 0 atom stereocenters. The Morgan fingerprint density at radius 2 is 1.95 bits per heavy atom. The van der Waals surface area contributed by atoms with Crippen molar-refractivity contribution in [1.29, 1.82) is 0 Å². The topological polar surface area (TPSA) is 63.4 Å². The predicted octanol–water partition coefficient (Wildman–Crippen LogP) is 1.84. The van der Waals surface area contributed by atoms with Crippen molar-refractivity contribution in [1.82, 2.24) is 4.90 Å². The molecule has 19 heavy (non-hydrogen) atoms. The van der Waals surface area contributed by atoms with Crippen LogP contribution in [-0.4, -0.2) is 38.7 Å². The number of aryl methyl sites for hydroxylation is 1. The molecular formula is C14H22N2O2S. The number of nitrogens with two attached hydrogens (primary N) is 1. The lowest BCUT2D eigenvalue weighted by atomic mass is 10.2. The fourth-order valence-electron chi connectivity index (χ4n) is 2.52. The molecule has 1 heterocycles. The van der Waals surface area contributed by atoms with E-state index in [9.17, 15) is 8.42 Å². The Morgan fingerprint density at radius 1 is 1.26 bits per heavy atom. The molecular weight excluding hydrogens is 260 g/mol. The molecule has 0 saturated carbocycles. The van der Waals surface area contributed by atoms with Gasteiger partial charge in [-0.1, -0.05) is 12.1 Å². The second-order valence-corrected chi connectivity index (χ2v) is 7.29. The summed E-state index contributed by atoms with van der Waals surface area (Å²) in [7, 11) is -3.26. The maximum Gasteiger partial charge on any atom is 0.180 e. The van der Waals surface area contributed by atoms with E-state index >= 15 is 0 Å². The number of hydrogen-bond donors (Lipinski definition) is 1. The van der Waals surface area contributed by atoms with E-state index in [1.54, 1.807) is 12.1 Å². The van der Waals surface area contributed by atoms with Gasteiger partial charge in [0.2, 0.25) is 0 Å². The highest BCUT2D eigenvalue weighted by Gasteiger charge is 2.19. The third-order valence-corrected chi connectivity index (χ3v) is 5.56. The molecule has 0 radical (unpaired) electrons. The first kappa shape index (κ1) is 14.3. The first-order valence-electron chi connectivity index (χ1n) is 6.81. The molecule has 0 aliphatic carbocycles. The number of benzene rings is 1. The number of sulfone groups is 1. The Labute approximate surface area is 115 Å². The second-order valence-electron chi connectivity index (χ2n) is 5.21. The van der Waals surface area contributed by atoms with Crippen molar-refractivity contribution in [2.24, 2.45) is 0 Å². The Hall–Kier alpha value is -1.07. The molecule has 1 fully saturated rings. The van der Waals surface area contributed by atoms with Gasteiger partial charge in [0.1, 0.15) is 0 Å². The molecule has 1 saturated heterocycles. The van der Waals surface area contributed by atoms with Gasteiger partial charge in [-0.3, -0.25) is 0 Å². The summed E-state index contributed by atoms with van der Waals surface area (Å²) in [6.07, 6.45) is 3.14. The largest absolute Gasteiger partial charge is 0.397 e. The van der Waals surface area contributed by atoms with Crippen LogP contribution < -0.4 is 5.73 Å². The Bertz CT molecular complexity index is 534. The van der Waals surface area contributed by atoms with Crippen LogP contribution in [0.4, 0.5) is 5.69 Å². The quantitative estimate of drug-likeness (QED) is 0.837. The Morgan fingerprint density at radius 3 is 2.63 bits per heavy atom. The summed E-state index contributed by atoms with van der Waals surface area (Å²) in [4.78, 5) is 2.61. The number of rotatable bonds is 5. The van der Waals surface area contributed by atoms with E-state index in [0.717, 1.165) is 25.2 Å². The Kier molecular flexibility index (Phi) is 4.47. The fraction of sp³-hybridized carbons (Fsp3) is 0.571. The molecule has 106 valence electrons. The summed E-state index contributed by atoms with van der Waals surface area (Å²) >= 11 is 0. The average molecular weight is 282 g/mol. The van der Waals surface area contributed by atoms with Gasteiger partial charge in [0.25, 0.3) is 0 Å². The molecule has 1 aliphatic rings. The van der Waals surface area contributed by atoms with Crippen molar-refractivity contribution in [2.75, 3.05) is 31.1 Å². The van der Waals surface area contributed by atoms with E-state index in [0.29, 0.717) is 12.1 Å². The zero-order chi connectivity index (χ0) is 13.9. The molecule has 2 N–H and O–H groups in total. The lowest BCUT2D eigenvalue weighted by Crippen LogP contribution is -2.23. The van der Waals surface area contributed by atoms with Crippen LogP contribution in [0.5, 0.6) is 0 Å². The molecule has 2 rings (SSSR count). The normalized spacial score (nSPS) is 16.9. The molecule has 5 heteroatoms. The second kappa shape index (κ2) is 5.92. The van der Waals surface area contributed by atoms with Crippen molar-refractivity contribution in [3.8, 4) is 0 Å². The fourth-order valence-corrected chi connectivity index (χ4v) is 4.03. The number of nitrogen functional groups attached to an aromatic ring is 1. The van der Waals surface area contributed by atoms with Crippen LogP contribution in [0.15, 0.2) is 23.1 Å². The Balaban J connectivity index is 1.99. The van der Waals surface area contributed by atoms with E-state index in [2.05, 4.69) is 4.90 Å². The van der Waals surface area contributed by atoms with Gasteiger partial charge in [-0.05, 0) is 57.5 Å². The zero-order valence-electron chi connectivity index (χ0n) is 11.4. The number of likely N-dealkylation sites (tertiary alicyclic amines) is 1. The van der Waals surface area contributed by atoms with Crippen molar-refractivity contribution >= 4 is 15.5 Å². The minimum Gasteiger partial charge on any atom is -0.397 e. The minimum absolute atomic E-state index is 0.178. The van der Waals surface area contributed by atoms with E-state index in [1.807, 2.05) is 13.0 Å². The van der Waals surface area contributed by atoms with Crippen LogP contribution in [0, 0.1) is 6.92 Å². The molecule has 0 spiro atoms. The van der Waals surface area contributed by atoms with Crippen molar-refractivity contribution in [3.05, 3.63) is 23.8 Å². The lowest BCUT2D eigenvalue weighted by molar-refractivity contribution is 0.340. The summed E-state index contributed by atoms with van der Waals surface area (Å²) < 4.78 is 24.6. The van der Waals surface area contributed by atoms with Crippen LogP contribution in [0.1, 0.15) is 24.8 Å². The van der Waals surface area contributed by atoms with Gasteiger partial charge in [0, 0.05) is 0 Å². The highest BCUT2D eigenvalue weighted by molar-refractivity contribution is 7.91. The van der Waals surface area contributed by atoms with Gasteiger partial charge in [-0.25, -0.2) is 8.42 Å². The summed E-state index contributed by atoms with van der Waals surface area (Å²) in [6.45, 7) is 4.91. The van der Waals surface area contributed by atoms with Gasteiger partial charge in [-0.15, -0.1) is 0 Å². The van der Waals surface area contributed by atoms with E-state index in [1.165, 1.54) is 12.8 Å². The van der Waals surface area contributed by atoms with Gasteiger partial charge in [-0.2, -0.15) is 0 Å². The van der Waals surface area contributed by atoms with Crippen LogP contribution in [0.3, 0.4) is 0 Å². The highest BCUT2D eigenvalue weighted by Crippen LogP contribution is 2.23. The first-order chi connectivity index (χ1) is 9.00. The summed E-state index contributed by atoms with van der Waals surface area (Å²) in [6, 6.07) is 5.19. The average Bonchev–Trinajstić information content (AvgIpc) is 2.85. The van der Waals surface area contributed by atoms with Crippen molar-refractivity contribution < 1.29 is 8.42 Å². The van der Waals surface area contributed by atoms with Gasteiger partial charge < -0.3 is 10.6 Å². The molecule has 1 aromatic carbocycles. The number of nitrogens with zero attached hydrogens (tertiary/aromatic N) is 1. The molecule has 0 unspecified atom stereocenters. The summed E-state index contributed by atoms with van der Waals surface area (Å²) in [5.41, 5.74) is 7.09.